The molecule has 0 N–H and O–H groups in total. The lowest BCUT2D eigenvalue weighted by Gasteiger charge is -2.33. The summed E-state index contributed by atoms with van der Waals surface area (Å²) in [4.78, 5) is 4.12. The van der Waals surface area contributed by atoms with Gasteiger partial charge < -0.3 is 0 Å². The summed E-state index contributed by atoms with van der Waals surface area (Å²) < 4.78 is 41.0. The molecule has 1 aliphatic carbocycles. The summed E-state index contributed by atoms with van der Waals surface area (Å²) in [6, 6.07) is 8.28. The molecule has 0 saturated heterocycles. The molecule has 0 spiro atoms. The van der Waals surface area contributed by atoms with Crippen molar-refractivity contribution >= 4 is 5.71 Å². The van der Waals surface area contributed by atoms with Gasteiger partial charge in [-0.2, -0.15) is 13.2 Å². The van der Waals surface area contributed by atoms with E-state index in [1.54, 1.807) is 20.0 Å². The minimum atomic E-state index is -4.31. The molecule has 0 amide bonds. The highest BCUT2D eigenvalue weighted by Crippen LogP contribution is 2.43. The number of unbranched alkanes of at least 4 members (excludes halogenated alkanes) is 1. The maximum Gasteiger partial charge on any atom is 0.412 e. The van der Waals surface area contributed by atoms with E-state index in [4.69, 9.17) is 0 Å². The van der Waals surface area contributed by atoms with Crippen molar-refractivity contribution in [1.82, 2.24) is 0 Å². The summed E-state index contributed by atoms with van der Waals surface area (Å²) in [7, 11) is 1.63. The maximum absolute atomic E-state index is 13.7. The maximum atomic E-state index is 13.7. The van der Waals surface area contributed by atoms with Crippen LogP contribution in [0.3, 0.4) is 0 Å². The smallest absolute Gasteiger partial charge is 0.297 e. The Kier molecular flexibility index (Phi) is 7.07. The molecule has 148 valence electrons. The van der Waals surface area contributed by atoms with Gasteiger partial charge in [0.25, 0.3) is 0 Å². The molecule has 1 aromatic carbocycles. The van der Waals surface area contributed by atoms with Crippen LogP contribution in [0.2, 0.25) is 0 Å². The van der Waals surface area contributed by atoms with Crippen molar-refractivity contribution in [2.24, 2.45) is 10.4 Å². The summed E-state index contributed by atoms with van der Waals surface area (Å²) in [5.74, 6) is 0. The van der Waals surface area contributed by atoms with Crippen LogP contribution in [0.4, 0.5) is 13.2 Å². The normalized spacial score (nSPS) is 21.1. The van der Waals surface area contributed by atoms with Gasteiger partial charge in [0.2, 0.25) is 0 Å². The fourth-order valence-corrected chi connectivity index (χ4v) is 3.48. The van der Waals surface area contributed by atoms with Crippen LogP contribution < -0.4 is 0 Å². The third-order valence-corrected chi connectivity index (χ3v) is 5.61. The lowest BCUT2D eigenvalue weighted by Crippen LogP contribution is -2.30. The standard InChI is InChI=1S/C23H30F3N/c1-5-6-7-18-8-10-19(11-9-18)12-13-20-14-15-22(3,17(2)27-4)16-21(20)23(24,25)26/h8-11,14-15H,5-7,12-13,16H2,1-4H3. The molecule has 4 heteroatoms. The van der Waals surface area contributed by atoms with Crippen molar-refractivity contribution in [3.05, 3.63) is 58.7 Å². The van der Waals surface area contributed by atoms with Gasteiger partial charge in [0.1, 0.15) is 0 Å². The number of benzene rings is 1. The second kappa shape index (κ2) is 8.90. The van der Waals surface area contributed by atoms with Crippen LogP contribution in [-0.4, -0.2) is 18.9 Å². The van der Waals surface area contributed by atoms with E-state index < -0.39 is 17.2 Å². The van der Waals surface area contributed by atoms with Crippen molar-refractivity contribution in [2.75, 3.05) is 7.05 Å². The van der Waals surface area contributed by atoms with E-state index in [0.29, 0.717) is 18.4 Å². The van der Waals surface area contributed by atoms with Gasteiger partial charge in [0.05, 0.1) is 0 Å². The molecule has 0 fully saturated rings. The number of hydrogen-bond donors (Lipinski definition) is 0. The molecule has 1 unspecified atom stereocenters. The Bertz CT molecular complexity index is 723. The number of aliphatic imine (C=N–C) groups is 1. The van der Waals surface area contributed by atoms with Gasteiger partial charge in [-0.25, -0.2) is 0 Å². The Labute approximate surface area is 161 Å². The van der Waals surface area contributed by atoms with Gasteiger partial charge in [0, 0.05) is 23.7 Å². The fraction of sp³-hybridized carbons (Fsp3) is 0.522. The molecular formula is C23H30F3N. The lowest BCUT2D eigenvalue weighted by molar-refractivity contribution is -0.0965. The third-order valence-electron chi connectivity index (χ3n) is 5.61. The highest BCUT2D eigenvalue weighted by Gasteiger charge is 2.42. The van der Waals surface area contributed by atoms with Gasteiger partial charge >= 0.3 is 6.18 Å². The third kappa shape index (κ3) is 5.57. The predicted molar refractivity (Wildman–Crippen MR) is 107 cm³/mol. The molecule has 0 saturated carbocycles. The zero-order valence-electron chi connectivity index (χ0n) is 16.8. The van der Waals surface area contributed by atoms with E-state index in [1.165, 1.54) is 5.56 Å². The first-order valence-electron chi connectivity index (χ1n) is 9.69. The van der Waals surface area contributed by atoms with Crippen molar-refractivity contribution in [3.8, 4) is 0 Å². The minimum absolute atomic E-state index is 0.0402. The number of alkyl halides is 3. The van der Waals surface area contributed by atoms with Crippen molar-refractivity contribution < 1.29 is 13.2 Å². The van der Waals surface area contributed by atoms with Gasteiger partial charge in [-0.3, -0.25) is 4.99 Å². The first-order valence-corrected chi connectivity index (χ1v) is 9.69. The molecular weight excluding hydrogens is 347 g/mol. The number of halogens is 3. The lowest BCUT2D eigenvalue weighted by atomic mass is 9.74. The molecule has 1 aromatic rings. The number of hydrogen-bond acceptors (Lipinski definition) is 1. The molecule has 1 atom stereocenters. The van der Waals surface area contributed by atoms with E-state index in [0.717, 1.165) is 30.5 Å². The quantitative estimate of drug-likeness (QED) is 0.459. The number of rotatable bonds is 7. The molecule has 0 heterocycles. The highest BCUT2D eigenvalue weighted by atomic mass is 19.4. The van der Waals surface area contributed by atoms with Crippen LogP contribution in [0, 0.1) is 5.41 Å². The fourth-order valence-electron chi connectivity index (χ4n) is 3.48. The average molecular weight is 377 g/mol. The average Bonchev–Trinajstić information content (AvgIpc) is 2.64. The van der Waals surface area contributed by atoms with Crippen LogP contribution in [0.1, 0.15) is 57.6 Å². The summed E-state index contributed by atoms with van der Waals surface area (Å²) in [5.41, 5.74) is 2.43. The van der Waals surface area contributed by atoms with Crippen LogP contribution in [0.25, 0.3) is 0 Å². The Morgan fingerprint density at radius 3 is 2.19 bits per heavy atom. The molecule has 1 aliphatic rings. The Balaban J connectivity index is 2.14. The first kappa shape index (κ1) is 21.5. The number of allylic oxidation sites excluding steroid dienone is 4. The van der Waals surface area contributed by atoms with Gasteiger partial charge in [0.15, 0.2) is 0 Å². The van der Waals surface area contributed by atoms with Crippen molar-refractivity contribution in [2.45, 2.75) is 65.5 Å². The topological polar surface area (TPSA) is 12.4 Å². The zero-order chi connectivity index (χ0) is 20.1. The molecule has 0 aromatic heterocycles. The van der Waals surface area contributed by atoms with Crippen LogP contribution in [0.15, 0.2) is 52.6 Å². The van der Waals surface area contributed by atoms with E-state index in [2.05, 4.69) is 24.0 Å². The SMILES string of the molecule is CCCCc1ccc(CCC2=C(C(F)(F)F)CC(C)(C(C)=NC)C=C2)cc1. The van der Waals surface area contributed by atoms with Gasteiger partial charge in [-0.1, -0.05) is 56.7 Å². The Morgan fingerprint density at radius 1 is 1.07 bits per heavy atom. The van der Waals surface area contributed by atoms with E-state index >= 15 is 0 Å². The van der Waals surface area contributed by atoms with Gasteiger partial charge in [-0.05, 0) is 55.7 Å². The van der Waals surface area contributed by atoms with Crippen molar-refractivity contribution in [3.63, 3.8) is 0 Å². The molecule has 0 aliphatic heterocycles. The van der Waals surface area contributed by atoms with E-state index in [1.807, 2.05) is 25.1 Å². The van der Waals surface area contributed by atoms with E-state index in [9.17, 15) is 13.2 Å². The monoisotopic (exact) mass is 377 g/mol. The number of aryl methyl sites for hydroxylation is 2. The summed E-state index contributed by atoms with van der Waals surface area (Å²) in [6.07, 6.45) is 3.59. The first-order chi connectivity index (χ1) is 12.7. The van der Waals surface area contributed by atoms with Crippen LogP contribution >= 0.6 is 0 Å². The second-order valence-electron chi connectivity index (χ2n) is 7.66. The number of nitrogens with zero attached hydrogens (tertiary/aromatic N) is 1. The molecule has 0 bridgehead atoms. The minimum Gasteiger partial charge on any atom is -0.297 e. The Morgan fingerprint density at radius 2 is 1.67 bits per heavy atom. The molecule has 2 rings (SSSR count). The highest BCUT2D eigenvalue weighted by molar-refractivity contribution is 5.90. The molecule has 0 radical (unpaired) electrons. The van der Waals surface area contributed by atoms with Gasteiger partial charge in [-0.15, -0.1) is 0 Å². The zero-order valence-corrected chi connectivity index (χ0v) is 16.8. The van der Waals surface area contributed by atoms with E-state index in [-0.39, 0.29) is 6.42 Å². The van der Waals surface area contributed by atoms with Crippen molar-refractivity contribution in [1.29, 1.82) is 0 Å². The molecule has 1 nitrogen and oxygen atoms in total. The summed E-state index contributed by atoms with van der Waals surface area (Å²) in [5, 5.41) is 0. The Hall–Kier alpha value is -1.84. The summed E-state index contributed by atoms with van der Waals surface area (Å²) >= 11 is 0. The second-order valence-corrected chi connectivity index (χ2v) is 7.66. The summed E-state index contributed by atoms with van der Waals surface area (Å²) in [6.45, 7) is 5.78. The van der Waals surface area contributed by atoms with Crippen LogP contribution in [-0.2, 0) is 12.8 Å². The van der Waals surface area contributed by atoms with Crippen LogP contribution in [0.5, 0.6) is 0 Å². The largest absolute Gasteiger partial charge is 0.412 e. The molecule has 27 heavy (non-hydrogen) atoms. The predicted octanol–water partition coefficient (Wildman–Crippen LogP) is 6.88.